The lowest BCUT2D eigenvalue weighted by Gasteiger charge is -2.15. The summed E-state index contributed by atoms with van der Waals surface area (Å²) >= 11 is 3.45. The van der Waals surface area contributed by atoms with E-state index in [1.807, 2.05) is 16.7 Å². The van der Waals surface area contributed by atoms with E-state index >= 15 is 0 Å². The molecule has 120 valence electrons. The van der Waals surface area contributed by atoms with Crippen LogP contribution >= 0.6 is 15.9 Å². The molecule has 7 heteroatoms. The minimum absolute atomic E-state index is 0.171. The number of nitrogens with zero attached hydrogens (tertiary/aromatic N) is 4. The van der Waals surface area contributed by atoms with E-state index in [2.05, 4.69) is 26.0 Å². The average molecular weight is 387 g/mol. The van der Waals surface area contributed by atoms with E-state index in [4.69, 9.17) is 0 Å². The topological polar surface area (TPSA) is 52.7 Å². The third kappa shape index (κ3) is 2.32. The van der Waals surface area contributed by atoms with Crippen molar-refractivity contribution in [3.63, 3.8) is 0 Å². The fraction of sp³-hybridized carbons (Fsp3) is 0.118. The summed E-state index contributed by atoms with van der Waals surface area (Å²) in [5.74, 6) is -0.413. The summed E-state index contributed by atoms with van der Waals surface area (Å²) in [4.78, 5) is 16.7. The zero-order valence-corrected chi connectivity index (χ0v) is 14.1. The number of halogens is 2. The van der Waals surface area contributed by atoms with Crippen molar-refractivity contribution in [1.29, 1.82) is 0 Å². The summed E-state index contributed by atoms with van der Waals surface area (Å²) in [7, 11) is 0. The Morgan fingerprint density at radius 3 is 2.71 bits per heavy atom. The zero-order chi connectivity index (χ0) is 16.7. The van der Waals surface area contributed by atoms with E-state index in [-0.39, 0.29) is 5.43 Å². The Morgan fingerprint density at radius 1 is 1.08 bits per heavy atom. The molecule has 4 rings (SSSR count). The molecule has 0 N–H and O–H groups in total. The van der Waals surface area contributed by atoms with Gasteiger partial charge in [0.2, 0.25) is 0 Å². The van der Waals surface area contributed by atoms with Gasteiger partial charge in [0.15, 0.2) is 5.43 Å². The summed E-state index contributed by atoms with van der Waals surface area (Å²) in [6.45, 7) is 0.653. The van der Waals surface area contributed by atoms with Crippen LogP contribution in [-0.4, -0.2) is 24.7 Å². The Hall–Kier alpha value is -2.54. The average Bonchev–Trinajstić information content (AvgIpc) is 3.13. The van der Waals surface area contributed by atoms with Crippen LogP contribution in [0.5, 0.6) is 0 Å². The number of benzene rings is 2. The van der Waals surface area contributed by atoms with Gasteiger partial charge in [0.1, 0.15) is 18.5 Å². The maximum absolute atomic E-state index is 13.6. The molecule has 2 heterocycles. The highest BCUT2D eigenvalue weighted by atomic mass is 79.9. The Kier molecular flexibility index (Phi) is 3.65. The van der Waals surface area contributed by atoms with Gasteiger partial charge in [0, 0.05) is 22.6 Å². The maximum Gasteiger partial charge on any atom is 0.197 e. The van der Waals surface area contributed by atoms with Crippen molar-refractivity contribution in [2.75, 3.05) is 5.33 Å². The largest absolute Gasteiger partial charge is 0.339 e. The lowest BCUT2D eigenvalue weighted by molar-refractivity contribution is 0.629. The molecule has 0 aliphatic carbocycles. The number of hydrogen-bond donors (Lipinski definition) is 0. The van der Waals surface area contributed by atoms with Gasteiger partial charge in [-0.05, 0) is 36.4 Å². The predicted octanol–water partition coefficient (Wildman–Crippen LogP) is 3.27. The highest BCUT2D eigenvalue weighted by Gasteiger charge is 2.12. The minimum atomic E-state index is -0.413. The molecule has 5 nitrogen and oxygen atoms in total. The van der Waals surface area contributed by atoms with E-state index in [9.17, 15) is 9.18 Å². The van der Waals surface area contributed by atoms with Gasteiger partial charge in [0.25, 0.3) is 0 Å². The first kappa shape index (κ1) is 15.0. The van der Waals surface area contributed by atoms with Gasteiger partial charge < -0.3 is 4.57 Å². The van der Waals surface area contributed by atoms with Crippen LogP contribution in [0.1, 0.15) is 0 Å². The second-order valence-electron chi connectivity index (χ2n) is 5.37. The van der Waals surface area contributed by atoms with Gasteiger partial charge in [-0.25, -0.2) is 14.1 Å². The highest BCUT2D eigenvalue weighted by molar-refractivity contribution is 9.09. The van der Waals surface area contributed by atoms with Crippen LogP contribution < -0.4 is 5.43 Å². The van der Waals surface area contributed by atoms with Crippen LogP contribution in [0.25, 0.3) is 27.5 Å². The van der Waals surface area contributed by atoms with Crippen LogP contribution in [-0.2, 0) is 6.54 Å². The van der Waals surface area contributed by atoms with Crippen molar-refractivity contribution in [3.05, 3.63) is 65.1 Å². The lowest BCUT2D eigenvalue weighted by Crippen LogP contribution is -2.13. The van der Waals surface area contributed by atoms with Crippen LogP contribution in [0.2, 0.25) is 0 Å². The molecule has 0 saturated heterocycles. The number of hydrogen-bond acceptors (Lipinski definition) is 3. The molecule has 0 radical (unpaired) electrons. The lowest BCUT2D eigenvalue weighted by atomic mass is 10.1. The standard InChI is InChI=1S/C17H12BrFN4O/c18-5-6-22-15-4-1-11(19)7-14(15)17(24)13-3-2-12(8-16(13)22)23-10-20-9-21-23/h1-4,7-10H,5-6H2. The van der Waals surface area contributed by atoms with Crippen molar-refractivity contribution in [2.45, 2.75) is 6.54 Å². The first-order chi connectivity index (χ1) is 11.7. The van der Waals surface area contributed by atoms with Gasteiger partial charge in [-0.15, -0.1) is 0 Å². The van der Waals surface area contributed by atoms with Crippen LogP contribution in [0.4, 0.5) is 4.39 Å². The first-order valence-electron chi connectivity index (χ1n) is 7.36. The molecule has 0 fully saturated rings. The van der Waals surface area contributed by atoms with Crippen molar-refractivity contribution in [2.24, 2.45) is 0 Å². The normalized spacial score (nSPS) is 11.4. The smallest absolute Gasteiger partial charge is 0.197 e. The van der Waals surface area contributed by atoms with E-state index in [1.54, 1.807) is 23.1 Å². The molecule has 0 aliphatic rings. The van der Waals surface area contributed by atoms with Crippen LogP contribution in [0.15, 0.2) is 53.8 Å². The number of pyridine rings is 1. The molecule has 0 spiro atoms. The number of fused-ring (bicyclic) bond motifs is 2. The molecule has 0 unspecified atom stereocenters. The second kappa shape index (κ2) is 5.83. The van der Waals surface area contributed by atoms with Crippen molar-refractivity contribution < 1.29 is 4.39 Å². The highest BCUT2D eigenvalue weighted by Crippen LogP contribution is 2.22. The third-order valence-corrected chi connectivity index (χ3v) is 4.36. The van der Waals surface area contributed by atoms with Crippen molar-refractivity contribution in [1.82, 2.24) is 19.3 Å². The van der Waals surface area contributed by atoms with Crippen molar-refractivity contribution >= 4 is 37.7 Å². The molecule has 2 aromatic carbocycles. The Balaban J connectivity index is 2.13. The quantitative estimate of drug-likeness (QED) is 0.401. The Morgan fingerprint density at radius 2 is 1.96 bits per heavy atom. The first-order valence-corrected chi connectivity index (χ1v) is 8.48. The van der Waals surface area contributed by atoms with Gasteiger partial charge in [0.05, 0.1) is 16.7 Å². The molecular weight excluding hydrogens is 375 g/mol. The Labute approximate surface area is 144 Å². The summed E-state index contributed by atoms with van der Waals surface area (Å²) in [6.07, 6.45) is 3.06. The van der Waals surface area contributed by atoms with Crippen LogP contribution in [0.3, 0.4) is 0 Å². The van der Waals surface area contributed by atoms with Crippen LogP contribution in [0, 0.1) is 5.82 Å². The molecule has 2 aromatic heterocycles. The number of aromatic nitrogens is 4. The van der Waals surface area contributed by atoms with Gasteiger partial charge in [-0.3, -0.25) is 4.79 Å². The van der Waals surface area contributed by atoms with E-state index in [0.29, 0.717) is 28.2 Å². The molecular formula is C17H12BrFN4O. The molecule has 0 saturated carbocycles. The van der Waals surface area contributed by atoms with Gasteiger partial charge in [-0.1, -0.05) is 15.9 Å². The molecule has 0 amide bonds. The Bertz CT molecular complexity index is 1110. The zero-order valence-electron chi connectivity index (χ0n) is 12.5. The minimum Gasteiger partial charge on any atom is -0.339 e. The monoisotopic (exact) mass is 386 g/mol. The summed E-state index contributed by atoms with van der Waals surface area (Å²) in [5.41, 5.74) is 2.13. The number of alkyl halides is 1. The summed E-state index contributed by atoms with van der Waals surface area (Å²) in [6, 6.07) is 9.78. The summed E-state index contributed by atoms with van der Waals surface area (Å²) < 4.78 is 17.3. The molecule has 0 aliphatic heterocycles. The van der Waals surface area contributed by atoms with Gasteiger partial charge >= 0.3 is 0 Å². The SMILES string of the molecule is O=c1c2cc(F)ccc2n(CCBr)c2cc(-n3cncn3)ccc12. The van der Waals surface area contributed by atoms with E-state index in [0.717, 1.165) is 11.2 Å². The van der Waals surface area contributed by atoms with Gasteiger partial charge in [-0.2, -0.15) is 5.10 Å². The molecule has 24 heavy (non-hydrogen) atoms. The summed E-state index contributed by atoms with van der Waals surface area (Å²) in [5, 5.41) is 5.78. The van der Waals surface area contributed by atoms with E-state index in [1.165, 1.54) is 18.5 Å². The fourth-order valence-corrected chi connectivity index (χ4v) is 3.30. The number of aryl methyl sites for hydroxylation is 1. The molecule has 0 bridgehead atoms. The third-order valence-electron chi connectivity index (χ3n) is 4.00. The fourth-order valence-electron chi connectivity index (χ4n) is 2.95. The van der Waals surface area contributed by atoms with E-state index < -0.39 is 5.82 Å². The van der Waals surface area contributed by atoms with Crippen molar-refractivity contribution in [3.8, 4) is 5.69 Å². The second-order valence-corrected chi connectivity index (χ2v) is 6.17. The number of rotatable bonds is 3. The molecule has 0 atom stereocenters. The molecule has 4 aromatic rings. The maximum atomic E-state index is 13.6. The predicted molar refractivity (Wildman–Crippen MR) is 94.4 cm³/mol.